The third kappa shape index (κ3) is 2.80. The van der Waals surface area contributed by atoms with Crippen molar-refractivity contribution in [3.05, 3.63) is 35.9 Å². The van der Waals surface area contributed by atoms with E-state index in [1.165, 1.54) is 19.3 Å². The van der Waals surface area contributed by atoms with Gasteiger partial charge in [-0.3, -0.25) is 0 Å². The summed E-state index contributed by atoms with van der Waals surface area (Å²) in [4.78, 5) is 13.9. The molecule has 1 saturated heterocycles. The minimum absolute atomic E-state index is 0.169. The summed E-state index contributed by atoms with van der Waals surface area (Å²) in [6.45, 7) is 0.707. The molecule has 2 atom stereocenters. The highest BCUT2D eigenvalue weighted by Gasteiger charge is 2.41. The third-order valence-electron chi connectivity index (χ3n) is 4.45. The molecular weight excluding hydrogens is 254 g/mol. The van der Waals surface area contributed by atoms with E-state index in [1.807, 2.05) is 30.3 Å². The molecule has 0 bridgehead atoms. The number of aliphatic hydroxyl groups excluding tert-OH is 1. The maximum absolute atomic E-state index is 12.2. The molecule has 4 nitrogen and oxygen atoms in total. The van der Waals surface area contributed by atoms with Crippen LogP contribution in [0.5, 0.6) is 0 Å². The number of hydrogen-bond acceptors (Lipinski definition) is 3. The van der Waals surface area contributed by atoms with Crippen LogP contribution in [0.1, 0.15) is 31.2 Å². The molecule has 2 fully saturated rings. The van der Waals surface area contributed by atoms with Gasteiger partial charge in [0.05, 0.1) is 12.6 Å². The lowest BCUT2D eigenvalue weighted by atomic mass is 9.79. The summed E-state index contributed by atoms with van der Waals surface area (Å²) < 4.78 is 5.39. The summed E-state index contributed by atoms with van der Waals surface area (Å²) in [5, 5.41) is 9.82. The first-order valence-electron chi connectivity index (χ1n) is 7.39. The normalized spacial score (nSPS) is 26.4. The van der Waals surface area contributed by atoms with Gasteiger partial charge in [-0.1, -0.05) is 36.8 Å². The molecule has 1 amide bonds. The predicted octanol–water partition coefficient (Wildman–Crippen LogP) is 2.56. The monoisotopic (exact) mass is 275 g/mol. The number of ether oxygens (including phenoxy) is 1. The smallest absolute Gasteiger partial charge is 0.410 e. The van der Waals surface area contributed by atoms with Crippen LogP contribution in [0.4, 0.5) is 4.79 Å². The first-order chi connectivity index (χ1) is 9.74. The van der Waals surface area contributed by atoms with Crippen molar-refractivity contribution in [1.82, 2.24) is 4.90 Å². The van der Waals surface area contributed by atoms with Crippen LogP contribution < -0.4 is 0 Å². The van der Waals surface area contributed by atoms with Crippen molar-refractivity contribution in [3.63, 3.8) is 0 Å². The van der Waals surface area contributed by atoms with E-state index in [2.05, 4.69) is 0 Å². The van der Waals surface area contributed by atoms with E-state index in [0.29, 0.717) is 25.5 Å². The van der Waals surface area contributed by atoms with E-state index < -0.39 is 6.10 Å². The number of carbonyl (C=O) groups excluding carboxylic acids is 1. The van der Waals surface area contributed by atoms with E-state index in [0.717, 1.165) is 5.56 Å². The molecule has 4 heteroatoms. The van der Waals surface area contributed by atoms with E-state index in [-0.39, 0.29) is 12.1 Å². The van der Waals surface area contributed by atoms with E-state index >= 15 is 0 Å². The lowest BCUT2D eigenvalue weighted by Gasteiger charge is -2.36. The predicted molar refractivity (Wildman–Crippen MR) is 75.1 cm³/mol. The fourth-order valence-electron chi connectivity index (χ4n) is 3.13. The van der Waals surface area contributed by atoms with Crippen LogP contribution in [0.25, 0.3) is 0 Å². The van der Waals surface area contributed by atoms with Gasteiger partial charge < -0.3 is 14.7 Å². The number of benzene rings is 1. The maximum atomic E-state index is 12.2. The Balaban J connectivity index is 1.58. The quantitative estimate of drug-likeness (QED) is 0.922. The fourth-order valence-corrected chi connectivity index (χ4v) is 3.13. The Morgan fingerprint density at radius 2 is 2.05 bits per heavy atom. The highest BCUT2D eigenvalue weighted by molar-refractivity contribution is 5.68. The zero-order chi connectivity index (χ0) is 13.9. The molecular formula is C16H21NO3. The standard InChI is InChI=1S/C16H21NO3/c18-14-9-15(13-7-4-8-13)17(10-14)16(19)20-11-12-5-2-1-3-6-12/h1-3,5-6,13-15,18H,4,7-11H2. The number of hydrogen-bond donors (Lipinski definition) is 1. The molecule has 0 radical (unpaired) electrons. The highest BCUT2D eigenvalue weighted by atomic mass is 16.6. The molecule has 20 heavy (non-hydrogen) atoms. The number of carbonyl (C=O) groups is 1. The van der Waals surface area contributed by atoms with Crippen LogP contribution >= 0.6 is 0 Å². The molecule has 0 aromatic heterocycles. The van der Waals surface area contributed by atoms with Crippen molar-refractivity contribution in [2.24, 2.45) is 5.92 Å². The van der Waals surface area contributed by atoms with Crippen molar-refractivity contribution in [1.29, 1.82) is 0 Å². The SMILES string of the molecule is O=C(OCc1ccccc1)N1CC(O)CC1C1CCC1. The number of likely N-dealkylation sites (tertiary alicyclic amines) is 1. The van der Waals surface area contributed by atoms with Gasteiger partial charge in [0, 0.05) is 6.04 Å². The molecule has 2 aliphatic rings. The molecule has 1 aromatic carbocycles. The molecule has 1 heterocycles. The van der Waals surface area contributed by atoms with Crippen LogP contribution in [0, 0.1) is 5.92 Å². The lowest BCUT2D eigenvalue weighted by Crippen LogP contribution is -2.42. The largest absolute Gasteiger partial charge is 0.445 e. The maximum Gasteiger partial charge on any atom is 0.410 e. The zero-order valence-corrected chi connectivity index (χ0v) is 11.6. The molecule has 2 unspecified atom stereocenters. The summed E-state index contributed by atoms with van der Waals surface area (Å²) in [6, 6.07) is 9.85. The molecule has 1 saturated carbocycles. The van der Waals surface area contributed by atoms with Gasteiger partial charge in [-0.05, 0) is 30.7 Å². The second-order valence-electron chi connectivity index (χ2n) is 5.84. The molecule has 1 aliphatic carbocycles. The van der Waals surface area contributed by atoms with Gasteiger partial charge in [0.15, 0.2) is 0 Å². The summed E-state index contributed by atoms with van der Waals surface area (Å²) >= 11 is 0. The Bertz CT molecular complexity index is 458. The molecule has 3 rings (SSSR count). The van der Waals surface area contributed by atoms with Crippen LogP contribution in [-0.4, -0.2) is 34.8 Å². The minimum atomic E-state index is -0.398. The average molecular weight is 275 g/mol. The molecule has 1 N–H and O–H groups in total. The molecule has 1 aliphatic heterocycles. The summed E-state index contributed by atoms with van der Waals surface area (Å²) in [7, 11) is 0. The zero-order valence-electron chi connectivity index (χ0n) is 11.6. The van der Waals surface area contributed by atoms with Gasteiger partial charge in [0.25, 0.3) is 0 Å². The molecule has 1 aromatic rings. The van der Waals surface area contributed by atoms with Gasteiger partial charge in [0.2, 0.25) is 0 Å². The molecule has 108 valence electrons. The Morgan fingerprint density at radius 1 is 1.30 bits per heavy atom. The van der Waals surface area contributed by atoms with E-state index in [4.69, 9.17) is 4.74 Å². The summed E-state index contributed by atoms with van der Waals surface area (Å²) in [5.74, 6) is 0.552. The number of rotatable bonds is 3. The van der Waals surface area contributed by atoms with Gasteiger partial charge in [-0.25, -0.2) is 4.79 Å². The van der Waals surface area contributed by atoms with E-state index in [1.54, 1.807) is 4.90 Å². The van der Waals surface area contributed by atoms with Gasteiger partial charge in [-0.15, -0.1) is 0 Å². The second kappa shape index (κ2) is 5.83. The summed E-state index contributed by atoms with van der Waals surface area (Å²) in [6.07, 6.45) is 3.58. The lowest BCUT2D eigenvalue weighted by molar-refractivity contribution is 0.0686. The van der Waals surface area contributed by atoms with Crippen LogP contribution in [0.3, 0.4) is 0 Å². The van der Waals surface area contributed by atoms with Crippen LogP contribution in [0.2, 0.25) is 0 Å². The molecule has 0 spiro atoms. The Morgan fingerprint density at radius 3 is 2.70 bits per heavy atom. The average Bonchev–Trinajstić information content (AvgIpc) is 2.77. The van der Waals surface area contributed by atoms with Crippen molar-refractivity contribution in [2.45, 2.75) is 44.4 Å². The summed E-state index contributed by atoms with van der Waals surface area (Å²) in [5.41, 5.74) is 0.987. The fraction of sp³-hybridized carbons (Fsp3) is 0.562. The van der Waals surface area contributed by atoms with Crippen molar-refractivity contribution >= 4 is 6.09 Å². The third-order valence-corrected chi connectivity index (χ3v) is 4.45. The van der Waals surface area contributed by atoms with Gasteiger partial charge >= 0.3 is 6.09 Å². The van der Waals surface area contributed by atoms with Crippen LogP contribution in [0.15, 0.2) is 30.3 Å². The van der Waals surface area contributed by atoms with E-state index in [9.17, 15) is 9.90 Å². The Hall–Kier alpha value is -1.55. The second-order valence-corrected chi connectivity index (χ2v) is 5.84. The van der Waals surface area contributed by atoms with Crippen molar-refractivity contribution in [3.8, 4) is 0 Å². The van der Waals surface area contributed by atoms with Gasteiger partial charge in [-0.2, -0.15) is 0 Å². The number of β-amino-alcohol motifs (C(OH)–C–C–N with tert-alkyl or cyclic N) is 1. The number of aliphatic hydroxyl groups is 1. The van der Waals surface area contributed by atoms with Crippen LogP contribution in [-0.2, 0) is 11.3 Å². The highest BCUT2D eigenvalue weighted by Crippen LogP contribution is 2.37. The minimum Gasteiger partial charge on any atom is -0.445 e. The van der Waals surface area contributed by atoms with Crippen molar-refractivity contribution in [2.75, 3.05) is 6.54 Å². The van der Waals surface area contributed by atoms with Crippen molar-refractivity contribution < 1.29 is 14.6 Å². The first-order valence-corrected chi connectivity index (χ1v) is 7.39. The first kappa shape index (κ1) is 13.4. The Labute approximate surface area is 119 Å². The number of nitrogens with zero attached hydrogens (tertiary/aromatic N) is 1. The van der Waals surface area contributed by atoms with Gasteiger partial charge in [0.1, 0.15) is 6.61 Å². The topological polar surface area (TPSA) is 49.8 Å². The number of amides is 1. The Kier molecular flexibility index (Phi) is 3.92.